The minimum Gasteiger partial charge on any atom is -0.372 e. The molecule has 30 heavy (non-hydrogen) atoms. The topological polar surface area (TPSA) is 129 Å². The molecule has 6 amide bonds. The number of hydrogen-bond acceptors (Lipinski definition) is 6. The van der Waals surface area contributed by atoms with E-state index in [2.05, 4.69) is 21.3 Å². The van der Waals surface area contributed by atoms with Gasteiger partial charge in [-0.1, -0.05) is 0 Å². The van der Waals surface area contributed by atoms with Crippen LogP contribution in [0.2, 0.25) is 0 Å². The number of morpholine rings is 1. The summed E-state index contributed by atoms with van der Waals surface area (Å²) >= 11 is 0. The summed E-state index contributed by atoms with van der Waals surface area (Å²) in [6.07, 6.45) is -0.440. The number of fused-ring (bicyclic) bond motifs is 4. The van der Waals surface area contributed by atoms with Gasteiger partial charge in [-0.2, -0.15) is 0 Å². The summed E-state index contributed by atoms with van der Waals surface area (Å²) in [5.74, 6) is -1.27. The lowest BCUT2D eigenvalue weighted by Crippen LogP contribution is -2.75. The summed E-state index contributed by atoms with van der Waals surface area (Å²) in [4.78, 5) is 51.8. The van der Waals surface area contributed by atoms with Gasteiger partial charge in [0.25, 0.3) is 0 Å². The number of amides is 6. The predicted octanol–water partition coefficient (Wildman–Crippen LogP) is 0.719. The number of urea groups is 2. The molecule has 2 saturated heterocycles. The van der Waals surface area contributed by atoms with Crippen molar-refractivity contribution in [1.82, 2.24) is 16.0 Å². The van der Waals surface area contributed by atoms with E-state index in [1.54, 1.807) is 12.1 Å². The maximum atomic E-state index is 13.1. The molecular formula is C20H25N5O5. The van der Waals surface area contributed by atoms with E-state index in [-0.39, 0.29) is 18.6 Å². The average molecular weight is 415 g/mol. The Balaban J connectivity index is 1.80. The lowest BCUT2D eigenvalue weighted by Gasteiger charge is -2.55. The third-order valence-electron chi connectivity index (χ3n) is 5.90. The van der Waals surface area contributed by atoms with Crippen molar-refractivity contribution in [1.29, 1.82) is 0 Å². The van der Waals surface area contributed by atoms with Crippen molar-refractivity contribution in [2.45, 2.75) is 45.4 Å². The smallest absolute Gasteiger partial charge is 0.328 e. The molecule has 3 atom stereocenters. The number of rotatable bonds is 2. The van der Waals surface area contributed by atoms with Crippen molar-refractivity contribution in [3.63, 3.8) is 0 Å². The van der Waals surface area contributed by atoms with Gasteiger partial charge in [-0.25, -0.2) is 9.59 Å². The van der Waals surface area contributed by atoms with Gasteiger partial charge in [0.15, 0.2) is 5.41 Å². The first-order valence-corrected chi connectivity index (χ1v) is 10.0. The van der Waals surface area contributed by atoms with E-state index in [1.165, 1.54) is 0 Å². The fourth-order valence-corrected chi connectivity index (χ4v) is 4.86. The molecule has 1 spiro atoms. The molecule has 1 aromatic rings. The van der Waals surface area contributed by atoms with Crippen LogP contribution in [0.3, 0.4) is 0 Å². The zero-order valence-corrected chi connectivity index (χ0v) is 17.1. The highest BCUT2D eigenvalue weighted by Gasteiger charge is 2.62. The van der Waals surface area contributed by atoms with Gasteiger partial charge >= 0.3 is 12.1 Å². The molecule has 4 N–H and O–H groups in total. The quantitative estimate of drug-likeness (QED) is 0.527. The van der Waals surface area contributed by atoms with Crippen LogP contribution >= 0.6 is 0 Å². The normalized spacial score (nSPS) is 27.0. The Kier molecular flexibility index (Phi) is 4.89. The van der Waals surface area contributed by atoms with Gasteiger partial charge in [-0.15, -0.1) is 0 Å². The van der Waals surface area contributed by atoms with Crippen molar-refractivity contribution in [2.75, 3.05) is 23.3 Å². The average Bonchev–Trinajstić information content (AvgIpc) is 2.65. The lowest BCUT2D eigenvalue weighted by atomic mass is 9.66. The first-order chi connectivity index (χ1) is 14.3. The van der Waals surface area contributed by atoms with Crippen LogP contribution in [-0.4, -0.2) is 55.2 Å². The fraction of sp³-hybridized carbons (Fsp3) is 0.500. The number of nitrogens with one attached hydrogen (secondary N) is 4. The Morgan fingerprint density at radius 2 is 1.93 bits per heavy atom. The molecule has 3 aliphatic heterocycles. The molecule has 0 saturated carbocycles. The van der Waals surface area contributed by atoms with Gasteiger partial charge in [-0.3, -0.25) is 20.2 Å². The second-order valence-corrected chi connectivity index (χ2v) is 7.96. The molecule has 2 fully saturated rings. The molecule has 3 heterocycles. The standard InChI is InChI=1S/C20H25N5O5/c1-4-21-18(28)22-13-5-6-14-12(7-13)8-20(16(26)23-19(29)24-17(20)27)15-11(3)30-10(2)9-25(14)15/h5-7,10-11,15H,4,8-9H2,1-3H3,(H2,21,22,28)(H2,23,24,26,27,29)/t10-,11+,15-/m1/s1. The molecule has 0 radical (unpaired) electrons. The van der Waals surface area contributed by atoms with Crippen LogP contribution in [0.4, 0.5) is 21.0 Å². The van der Waals surface area contributed by atoms with Crippen LogP contribution in [0.5, 0.6) is 0 Å². The number of benzene rings is 1. The third-order valence-corrected chi connectivity index (χ3v) is 5.90. The molecule has 0 bridgehead atoms. The van der Waals surface area contributed by atoms with Gasteiger partial charge in [0.05, 0.1) is 18.2 Å². The van der Waals surface area contributed by atoms with E-state index < -0.39 is 35.4 Å². The van der Waals surface area contributed by atoms with Crippen LogP contribution in [0.25, 0.3) is 0 Å². The summed E-state index contributed by atoms with van der Waals surface area (Å²) in [6.45, 7) is 6.56. The fourth-order valence-electron chi connectivity index (χ4n) is 4.86. The van der Waals surface area contributed by atoms with Crippen molar-refractivity contribution in [2.24, 2.45) is 5.41 Å². The van der Waals surface area contributed by atoms with E-state index in [4.69, 9.17) is 4.74 Å². The van der Waals surface area contributed by atoms with Gasteiger partial charge in [0, 0.05) is 24.5 Å². The number of anilines is 2. The molecule has 0 aliphatic carbocycles. The SMILES string of the molecule is CCNC(=O)Nc1ccc2c(c1)CC1(C(=O)NC(=O)NC1=O)[C@H]1[C@H](C)O[C@H](C)CN21. The summed E-state index contributed by atoms with van der Waals surface area (Å²) in [7, 11) is 0. The van der Waals surface area contributed by atoms with Crippen LogP contribution in [0, 0.1) is 5.41 Å². The highest BCUT2D eigenvalue weighted by Crippen LogP contribution is 2.47. The Hall–Kier alpha value is -3.14. The number of imide groups is 2. The summed E-state index contributed by atoms with van der Waals surface area (Å²) in [5.41, 5.74) is 0.647. The molecule has 0 aromatic heterocycles. The number of nitrogens with zero attached hydrogens (tertiary/aromatic N) is 1. The summed E-state index contributed by atoms with van der Waals surface area (Å²) in [5, 5.41) is 9.93. The van der Waals surface area contributed by atoms with E-state index >= 15 is 0 Å². The third kappa shape index (κ3) is 3.07. The number of carbonyl (C=O) groups is 4. The van der Waals surface area contributed by atoms with Crippen LogP contribution in [0.1, 0.15) is 26.3 Å². The molecule has 1 aromatic carbocycles. The van der Waals surface area contributed by atoms with Crippen molar-refractivity contribution < 1.29 is 23.9 Å². The maximum Gasteiger partial charge on any atom is 0.328 e. The summed E-state index contributed by atoms with van der Waals surface area (Å²) < 4.78 is 5.97. The van der Waals surface area contributed by atoms with Gasteiger partial charge in [0.1, 0.15) is 0 Å². The molecule has 160 valence electrons. The van der Waals surface area contributed by atoms with E-state index in [0.717, 1.165) is 11.3 Å². The second-order valence-electron chi connectivity index (χ2n) is 7.96. The first-order valence-electron chi connectivity index (χ1n) is 10.0. The minimum absolute atomic E-state index is 0.0848. The lowest BCUT2D eigenvalue weighted by molar-refractivity contribution is -0.153. The van der Waals surface area contributed by atoms with E-state index in [0.29, 0.717) is 18.8 Å². The molecule has 10 nitrogen and oxygen atoms in total. The number of carbonyl (C=O) groups excluding carboxylic acids is 4. The highest BCUT2D eigenvalue weighted by molar-refractivity contribution is 6.20. The predicted molar refractivity (Wildman–Crippen MR) is 108 cm³/mol. The van der Waals surface area contributed by atoms with E-state index in [1.807, 2.05) is 31.7 Å². The van der Waals surface area contributed by atoms with Gasteiger partial charge in [0.2, 0.25) is 11.8 Å². The Bertz CT molecular complexity index is 912. The largest absolute Gasteiger partial charge is 0.372 e. The van der Waals surface area contributed by atoms with E-state index in [9.17, 15) is 19.2 Å². The zero-order chi connectivity index (χ0) is 21.6. The van der Waals surface area contributed by atoms with Gasteiger partial charge in [-0.05, 0) is 51.0 Å². The zero-order valence-electron chi connectivity index (χ0n) is 17.1. The van der Waals surface area contributed by atoms with Crippen LogP contribution in [0.15, 0.2) is 18.2 Å². The molecule has 3 aliphatic rings. The molecule has 4 rings (SSSR count). The Morgan fingerprint density at radius 3 is 2.60 bits per heavy atom. The molecule has 10 heteroatoms. The Labute approximate surface area is 173 Å². The summed E-state index contributed by atoms with van der Waals surface area (Å²) in [6, 6.07) is 3.70. The Morgan fingerprint density at radius 1 is 1.23 bits per heavy atom. The van der Waals surface area contributed by atoms with Crippen molar-refractivity contribution >= 4 is 35.3 Å². The molecular weight excluding hydrogens is 390 g/mol. The first kappa shape index (κ1) is 20.1. The number of barbiturate groups is 1. The van der Waals surface area contributed by atoms with Crippen LogP contribution < -0.4 is 26.2 Å². The van der Waals surface area contributed by atoms with Gasteiger partial charge < -0.3 is 20.3 Å². The second kappa shape index (κ2) is 7.28. The maximum absolute atomic E-state index is 13.1. The van der Waals surface area contributed by atoms with Crippen molar-refractivity contribution in [3.05, 3.63) is 23.8 Å². The monoisotopic (exact) mass is 415 g/mol. The minimum atomic E-state index is -1.52. The number of hydrogen-bond donors (Lipinski definition) is 4. The van der Waals surface area contributed by atoms with Crippen LogP contribution in [-0.2, 0) is 20.7 Å². The number of ether oxygens (including phenoxy) is 1. The molecule has 0 unspecified atom stereocenters. The van der Waals surface area contributed by atoms with Crippen molar-refractivity contribution in [3.8, 4) is 0 Å². The highest BCUT2D eigenvalue weighted by atomic mass is 16.5.